The number of hydrogen-bond donors (Lipinski definition) is 1. The first kappa shape index (κ1) is 14.1. The fourth-order valence-corrected chi connectivity index (χ4v) is 2.79. The molecule has 0 aromatic heterocycles. The van der Waals surface area contributed by atoms with Gasteiger partial charge in [0.15, 0.2) is 0 Å². The van der Waals surface area contributed by atoms with E-state index in [4.69, 9.17) is 4.74 Å². The van der Waals surface area contributed by atoms with Crippen molar-refractivity contribution in [2.75, 3.05) is 13.7 Å². The van der Waals surface area contributed by atoms with Gasteiger partial charge >= 0.3 is 5.97 Å². The average Bonchev–Trinajstić information content (AvgIpc) is 2.48. The number of carbonyl (C=O) groups excluding carboxylic acids is 1. The summed E-state index contributed by atoms with van der Waals surface area (Å²) >= 11 is 0. The summed E-state index contributed by atoms with van der Waals surface area (Å²) in [7, 11) is 1.48. The van der Waals surface area contributed by atoms with E-state index in [0.29, 0.717) is 5.92 Å². The van der Waals surface area contributed by atoms with Crippen LogP contribution in [0.5, 0.6) is 0 Å². The Morgan fingerprint density at radius 3 is 2.53 bits per heavy atom. The Balaban J connectivity index is 1.65. The normalized spacial score (nSPS) is 23.0. The maximum Gasteiger partial charge on any atom is 0.308 e. The van der Waals surface area contributed by atoms with E-state index in [9.17, 15) is 4.79 Å². The van der Waals surface area contributed by atoms with Gasteiger partial charge in [0.25, 0.3) is 0 Å². The largest absolute Gasteiger partial charge is 0.469 e. The summed E-state index contributed by atoms with van der Waals surface area (Å²) in [6, 6.07) is 10.5. The van der Waals surface area contributed by atoms with Gasteiger partial charge < -0.3 is 10.1 Å². The lowest BCUT2D eigenvalue weighted by Gasteiger charge is -2.27. The standard InChI is InChI=1S/C16H23NO2/c1-19-16(18)15-9-7-14(8-10-15)12-17-11-13-5-3-2-4-6-13/h2-6,14-15,17H,7-12H2,1H3. The zero-order valence-electron chi connectivity index (χ0n) is 11.6. The van der Waals surface area contributed by atoms with E-state index in [0.717, 1.165) is 38.8 Å². The van der Waals surface area contributed by atoms with Crippen LogP contribution >= 0.6 is 0 Å². The summed E-state index contributed by atoms with van der Waals surface area (Å²) in [5.74, 6) is 0.802. The Morgan fingerprint density at radius 2 is 1.89 bits per heavy atom. The van der Waals surface area contributed by atoms with Gasteiger partial charge in [-0.3, -0.25) is 4.79 Å². The predicted molar refractivity (Wildman–Crippen MR) is 75.6 cm³/mol. The summed E-state index contributed by atoms with van der Waals surface area (Å²) in [5, 5.41) is 3.51. The maximum absolute atomic E-state index is 11.4. The third-order valence-electron chi connectivity index (χ3n) is 3.99. The van der Waals surface area contributed by atoms with E-state index in [1.165, 1.54) is 12.7 Å². The van der Waals surface area contributed by atoms with Gasteiger partial charge in [-0.25, -0.2) is 0 Å². The lowest BCUT2D eigenvalue weighted by atomic mass is 9.82. The van der Waals surface area contributed by atoms with Crippen LogP contribution in [0.1, 0.15) is 31.2 Å². The molecule has 19 heavy (non-hydrogen) atoms. The van der Waals surface area contributed by atoms with Crippen molar-refractivity contribution in [1.82, 2.24) is 5.32 Å². The second-order valence-corrected chi connectivity index (χ2v) is 5.36. The van der Waals surface area contributed by atoms with E-state index in [1.54, 1.807) is 0 Å². The Kier molecular flexibility index (Phi) is 5.40. The molecule has 0 unspecified atom stereocenters. The second kappa shape index (κ2) is 7.29. The number of nitrogens with one attached hydrogen (secondary N) is 1. The monoisotopic (exact) mass is 261 g/mol. The molecule has 0 atom stereocenters. The van der Waals surface area contributed by atoms with Crippen molar-refractivity contribution in [3.05, 3.63) is 35.9 Å². The minimum atomic E-state index is -0.0318. The van der Waals surface area contributed by atoms with Crippen molar-refractivity contribution < 1.29 is 9.53 Å². The molecule has 104 valence electrons. The summed E-state index contributed by atoms with van der Waals surface area (Å²) < 4.78 is 4.81. The summed E-state index contributed by atoms with van der Waals surface area (Å²) in [6.07, 6.45) is 4.21. The number of methoxy groups -OCH3 is 1. The first-order valence-corrected chi connectivity index (χ1v) is 7.12. The highest BCUT2D eigenvalue weighted by Crippen LogP contribution is 2.29. The summed E-state index contributed by atoms with van der Waals surface area (Å²) in [4.78, 5) is 11.4. The van der Waals surface area contributed by atoms with Crippen molar-refractivity contribution in [1.29, 1.82) is 0 Å². The number of benzene rings is 1. The highest BCUT2D eigenvalue weighted by molar-refractivity contribution is 5.72. The number of rotatable bonds is 5. The average molecular weight is 261 g/mol. The minimum absolute atomic E-state index is 0.0318. The predicted octanol–water partition coefficient (Wildman–Crippen LogP) is 2.76. The Labute approximate surface area is 115 Å². The van der Waals surface area contributed by atoms with Gasteiger partial charge in [-0.1, -0.05) is 30.3 Å². The topological polar surface area (TPSA) is 38.3 Å². The molecule has 1 fully saturated rings. The first-order valence-electron chi connectivity index (χ1n) is 7.12. The molecule has 1 aromatic carbocycles. The van der Waals surface area contributed by atoms with Crippen LogP contribution in [-0.2, 0) is 16.1 Å². The van der Waals surface area contributed by atoms with Gasteiger partial charge in [0.1, 0.15) is 0 Å². The summed E-state index contributed by atoms with van der Waals surface area (Å²) in [5.41, 5.74) is 1.32. The van der Waals surface area contributed by atoms with Gasteiger partial charge in [0, 0.05) is 6.54 Å². The molecule has 0 bridgehead atoms. The highest BCUT2D eigenvalue weighted by Gasteiger charge is 2.26. The zero-order valence-corrected chi connectivity index (χ0v) is 11.6. The van der Waals surface area contributed by atoms with Gasteiger partial charge in [0.05, 0.1) is 13.0 Å². The van der Waals surface area contributed by atoms with Gasteiger partial charge in [-0.2, -0.15) is 0 Å². The van der Waals surface area contributed by atoms with Crippen LogP contribution in [0.4, 0.5) is 0 Å². The van der Waals surface area contributed by atoms with E-state index >= 15 is 0 Å². The molecule has 0 heterocycles. The fourth-order valence-electron chi connectivity index (χ4n) is 2.79. The molecule has 0 radical (unpaired) electrons. The molecule has 0 aliphatic heterocycles. The minimum Gasteiger partial charge on any atom is -0.469 e. The van der Waals surface area contributed by atoms with Crippen LogP contribution < -0.4 is 5.32 Å². The molecule has 1 aromatic rings. The Hall–Kier alpha value is -1.35. The van der Waals surface area contributed by atoms with Gasteiger partial charge in [-0.15, -0.1) is 0 Å². The molecular formula is C16H23NO2. The van der Waals surface area contributed by atoms with Crippen molar-refractivity contribution in [3.63, 3.8) is 0 Å². The number of esters is 1. The molecule has 0 spiro atoms. The van der Waals surface area contributed by atoms with E-state index in [-0.39, 0.29) is 11.9 Å². The highest BCUT2D eigenvalue weighted by atomic mass is 16.5. The third kappa shape index (κ3) is 4.35. The van der Waals surface area contributed by atoms with Crippen molar-refractivity contribution in [3.8, 4) is 0 Å². The number of carbonyl (C=O) groups is 1. The molecule has 1 aliphatic rings. The second-order valence-electron chi connectivity index (χ2n) is 5.36. The molecule has 0 saturated heterocycles. The first-order chi connectivity index (χ1) is 9.29. The molecule has 2 rings (SSSR count). The van der Waals surface area contributed by atoms with E-state index in [1.807, 2.05) is 6.07 Å². The fraction of sp³-hybridized carbons (Fsp3) is 0.562. The lowest BCUT2D eigenvalue weighted by Crippen LogP contribution is -2.29. The molecule has 3 nitrogen and oxygen atoms in total. The Morgan fingerprint density at radius 1 is 1.21 bits per heavy atom. The van der Waals surface area contributed by atoms with Crippen LogP contribution in [0, 0.1) is 11.8 Å². The molecule has 1 N–H and O–H groups in total. The number of hydrogen-bond acceptors (Lipinski definition) is 3. The van der Waals surface area contributed by atoms with Crippen LogP contribution in [-0.4, -0.2) is 19.6 Å². The molecule has 1 aliphatic carbocycles. The van der Waals surface area contributed by atoms with Gasteiger partial charge in [-0.05, 0) is 43.7 Å². The SMILES string of the molecule is COC(=O)C1CCC(CNCc2ccccc2)CC1. The van der Waals surface area contributed by atoms with Crippen molar-refractivity contribution in [2.24, 2.45) is 11.8 Å². The quantitative estimate of drug-likeness (QED) is 0.828. The molecule has 0 amide bonds. The molecule has 1 saturated carbocycles. The third-order valence-corrected chi connectivity index (χ3v) is 3.99. The lowest BCUT2D eigenvalue weighted by molar-refractivity contribution is -0.146. The van der Waals surface area contributed by atoms with Crippen LogP contribution in [0.15, 0.2) is 30.3 Å². The molecule has 3 heteroatoms. The van der Waals surface area contributed by atoms with E-state index < -0.39 is 0 Å². The molecular weight excluding hydrogens is 238 g/mol. The van der Waals surface area contributed by atoms with E-state index in [2.05, 4.69) is 29.6 Å². The van der Waals surface area contributed by atoms with Crippen molar-refractivity contribution >= 4 is 5.97 Å². The van der Waals surface area contributed by atoms with Crippen LogP contribution in [0.3, 0.4) is 0 Å². The van der Waals surface area contributed by atoms with Crippen LogP contribution in [0.2, 0.25) is 0 Å². The summed E-state index contributed by atoms with van der Waals surface area (Å²) in [6.45, 7) is 1.97. The Bertz CT molecular complexity index is 383. The number of ether oxygens (including phenoxy) is 1. The smallest absolute Gasteiger partial charge is 0.308 e. The van der Waals surface area contributed by atoms with Crippen molar-refractivity contribution in [2.45, 2.75) is 32.2 Å². The zero-order chi connectivity index (χ0) is 13.5. The maximum atomic E-state index is 11.4. The van der Waals surface area contributed by atoms with Gasteiger partial charge in [0.2, 0.25) is 0 Å². The van der Waals surface area contributed by atoms with Crippen LogP contribution in [0.25, 0.3) is 0 Å².